The quantitative estimate of drug-likeness (QED) is 0.611. The van der Waals surface area contributed by atoms with E-state index in [9.17, 15) is 0 Å². The van der Waals surface area contributed by atoms with E-state index in [1.807, 2.05) is 0 Å². The minimum atomic E-state index is -1.15. The van der Waals surface area contributed by atoms with E-state index in [1.54, 1.807) is 0 Å². The lowest BCUT2D eigenvalue weighted by molar-refractivity contribution is 0.237. The van der Waals surface area contributed by atoms with Gasteiger partial charge in [0.2, 0.25) is 0 Å². The molecule has 0 rings (SSSR count). The molecule has 0 bridgehead atoms. The molecule has 0 aromatic heterocycles. The zero-order valence-electron chi connectivity index (χ0n) is 7.96. The molecule has 0 saturated heterocycles. The Morgan fingerprint density at radius 1 is 1.27 bits per heavy atom. The van der Waals surface area contributed by atoms with Crippen molar-refractivity contribution in [3.05, 3.63) is 0 Å². The maximum atomic E-state index is 8.77. The van der Waals surface area contributed by atoms with Crippen LogP contribution in [0.1, 0.15) is 34.1 Å². The molecular weight excluding hydrogens is 139 g/mol. The van der Waals surface area contributed by atoms with Crippen molar-refractivity contribution >= 4 is 7.12 Å². The van der Waals surface area contributed by atoms with Crippen molar-refractivity contribution in [2.75, 3.05) is 0 Å². The average Bonchev–Trinajstić information content (AvgIpc) is 1.79. The molecule has 0 aliphatic carbocycles. The molecule has 2 N–H and O–H groups in total. The summed E-state index contributed by atoms with van der Waals surface area (Å²) in [6.45, 7) is 8.47. The minimum Gasteiger partial charge on any atom is -0.427 e. The molecule has 0 aliphatic rings. The molecule has 0 radical (unpaired) electrons. The Labute approximate surface area is 69.8 Å². The summed E-state index contributed by atoms with van der Waals surface area (Å²) in [7, 11) is -1.15. The molecule has 0 amide bonds. The number of hydrogen-bond donors (Lipinski definition) is 2. The van der Waals surface area contributed by atoms with Crippen LogP contribution in [0.2, 0.25) is 6.32 Å². The predicted molar refractivity (Wildman–Crippen MR) is 48.2 cm³/mol. The van der Waals surface area contributed by atoms with Gasteiger partial charge in [-0.1, -0.05) is 34.1 Å². The molecule has 11 heavy (non-hydrogen) atoms. The smallest absolute Gasteiger partial charge is 0.427 e. The molecule has 0 heterocycles. The fraction of sp³-hybridized carbons (Fsp3) is 1.00. The van der Waals surface area contributed by atoms with E-state index < -0.39 is 7.12 Å². The topological polar surface area (TPSA) is 40.5 Å². The highest BCUT2D eigenvalue weighted by Crippen LogP contribution is 2.31. The molecule has 2 nitrogen and oxygen atoms in total. The fourth-order valence-electron chi connectivity index (χ4n) is 1.39. The Morgan fingerprint density at radius 3 is 1.82 bits per heavy atom. The lowest BCUT2D eigenvalue weighted by Gasteiger charge is -2.29. The van der Waals surface area contributed by atoms with Crippen LogP contribution in [0.4, 0.5) is 0 Å². The Balaban J connectivity index is 3.96. The van der Waals surface area contributed by atoms with Gasteiger partial charge < -0.3 is 10.0 Å². The van der Waals surface area contributed by atoms with Gasteiger partial charge >= 0.3 is 7.12 Å². The average molecular weight is 158 g/mol. The van der Waals surface area contributed by atoms with Crippen molar-refractivity contribution < 1.29 is 10.0 Å². The van der Waals surface area contributed by atoms with E-state index in [2.05, 4.69) is 27.7 Å². The van der Waals surface area contributed by atoms with Crippen LogP contribution in [-0.2, 0) is 0 Å². The molecular formula is C8H19BO2. The number of hydrogen-bond acceptors (Lipinski definition) is 2. The molecule has 3 heteroatoms. The molecule has 0 aromatic rings. The van der Waals surface area contributed by atoms with Gasteiger partial charge in [0, 0.05) is 0 Å². The van der Waals surface area contributed by atoms with Crippen LogP contribution in [0.5, 0.6) is 0 Å². The molecule has 0 aliphatic heterocycles. The van der Waals surface area contributed by atoms with E-state index in [-0.39, 0.29) is 5.41 Å². The third kappa shape index (κ3) is 4.43. The second kappa shape index (κ2) is 4.12. The van der Waals surface area contributed by atoms with Gasteiger partial charge in [-0.15, -0.1) is 0 Å². The first kappa shape index (κ1) is 11.0. The second-order valence-corrected chi connectivity index (χ2v) is 4.19. The lowest BCUT2D eigenvalue weighted by Crippen LogP contribution is -2.26. The molecule has 0 saturated carbocycles. The van der Waals surface area contributed by atoms with Crippen molar-refractivity contribution in [1.29, 1.82) is 0 Å². The Bertz CT molecular complexity index is 107. The SMILES string of the molecule is CCC(CB(O)O)C(C)(C)C. The van der Waals surface area contributed by atoms with Gasteiger partial charge in [0.25, 0.3) is 0 Å². The third-order valence-electron chi connectivity index (χ3n) is 2.21. The summed E-state index contributed by atoms with van der Waals surface area (Å²) in [4.78, 5) is 0. The Kier molecular flexibility index (Phi) is 4.12. The summed E-state index contributed by atoms with van der Waals surface area (Å²) >= 11 is 0. The standard InChI is InChI=1S/C8H19BO2/c1-5-7(6-9(10)11)8(2,3)4/h7,10-11H,5-6H2,1-4H3. The minimum absolute atomic E-state index is 0.179. The Morgan fingerprint density at radius 2 is 1.73 bits per heavy atom. The van der Waals surface area contributed by atoms with Gasteiger partial charge in [-0.2, -0.15) is 0 Å². The summed E-state index contributed by atoms with van der Waals surface area (Å²) in [6.07, 6.45) is 1.49. The number of rotatable bonds is 3. The van der Waals surface area contributed by atoms with Gasteiger partial charge in [0.05, 0.1) is 0 Å². The van der Waals surface area contributed by atoms with Crippen molar-refractivity contribution in [1.82, 2.24) is 0 Å². The van der Waals surface area contributed by atoms with Crippen LogP contribution >= 0.6 is 0 Å². The Hall–Kier alpha value is -0.0151. The molecule has 1 unspecified atom stereocenters. The summed E-state index contributed by atoms with van der Waals surface area (Å²) in [5.74, 6) is 0.391. The van der Waals surface area contributed by atoms with Gasteiger partial charge in [-0.05, 0) is 17.7 Å². The molecule has 0 aromatic carbocycles. The summed E-state index contributed by atoms with van der Waals surface area (Å²) in [6, 6.07) is 0. The monoisotopic (exact) mass is 158 g/mol. The highest BCUT2D eigenvalue weighted by Gasteiger charge is 2.26. The lowest BCUT2D eigenvalue weighted by atomic mass is 9.67. The van der Waals surface area contributed by atoms with E-state index >= 15 is 0 Å². The summed E-state index contributed by atoms with van der Waals surface area (Å²) in [5.41, 5.74) is 0.179. The first-order chi connectivity index (χ1) is 4.88. The van der Waals surface area contributed by atoms with E-state index in [4.69, 9.17) is 10.0 Å². The van der Waals surface area contributed by atoms with Crippen molar-refractivity contribution in [3.63, 3.8) is 0 Å². The zero-order chi connectivity index (χ0) is 9.07. The molecule has 0 fully saturated rings. The maximum Gasteiger partial charge on any atom is 0.451 e. The fourth-order valence-corrected chi connectivity index (χ4v) is 1.39. The van der Waals surface area contributed by atoms with E-state index in [0.29, 0.717) is 12.2 Å². The predicted octanol–water partition coefficient (Wildman–Crippen LogP) is 1.53. The van der Waals surface area contributed by atoms with Crippen molar-refractivity contribution in [2.45, 2.75) is 40.4 Å². The first-order valence-corrected chi connectivity index (χ1v) is 4.24. The van der Waals surface area contributed by atoms with Gasteiger partial charge in [-0.3, -0.25) is 0 Å². The molecule has 0 spiro atoms. The van der Waals surface area contributed by atoms with E-state index in [0.717, 1.165) is 6.42 Å². The third-order valence-corrected chi connectivity index (χ3v) is 2.21. The van der Waals surface area contributed by atoms with Crippen LogP contribution in [0.25, 0.3) is 0 Å². The van der Waals surface area contributed by atoms with Gasteiger partial charge in [0.1, 0.15) is 0 Å². The van der Waals surface area contributed by atoms with Crippen molar-refractivity contribution in [3.8, 4) is 0 Å². The van der Waals surface area contributed by atoms with Crippen LogP contribution in [0.15, 0.2) is 0 Å². The highest BCUT2D eigenvalue weighted by atomic mass is 16.4. The zero-order valence-corrected chi connectivity index (χ0v) is 7.96. The van der Waals surface area contributed by atoms with Crippen LogP contribution in [0, 0.1) is 11.3 Å². The normalized spacial score (nSPS) is 14.7. The summed E-state index contributed by atoms with van der Waals surface area (Å²) in [5, 5.41) is 17.5. The molecule has 1 atom stereocenters. The van der Waals surface area contributed by atoms with Gasteiger partial charge in [0.15, 0.2) is 0 Å². The van der Waals surface area contributed by atoms with Crippen molar-refractivity contribution in [2.24, 2.45) is 11.3 Å². The van der Waals surface area contributed by atoms with Crippen LogP contribution in [0.3, 0.4) is 0 Å². The van der Waals surface area contributed by atoms with E-state index in [1.165, 1.54) is 0 Å². The molecule has 66 valence electrons. The van der Waals surface area contributed by atoms with Crippen LogP contribution < -0.4 is 0 Å². The largest absolute Gasteiger partial charge is 0.451 e. The first-order valence-electron chi connectivity index (χ1n) is 4.24. The highest BCUT2D eigenvalue weighted by molar-refractivity contribution is 6.41. The van der Waals surface area contributed by atoms with Gasteiger partial charge in [-0.25, -0.2) is 0 Å². The summed E-state index contributed by atoms with van der Waals surface area (Å²) < 4.78 is 0. The second-order valence-electron chi connectivity index (χ2n) is 4.19. The van der Waals surface area contributed by atoms with Crippen LogP contribution in [-0.4, -0.2) is 17.2 Å². The maximum absolute atomic E-state index is 8.77.